The number of nitrogen functional groups attached to an aromatic ring is 1. The number of carbonyl (C=O) groups excluding carboxylic acids is 1. The van der Waals surface area contributed by atoms with Gasteiger partial charge in [0.1, 0.15) is 17.8 Å². The maximum absolute atomic E-state index is 13.6. The highest BCUT2D eigenvalue weighted by Gasteiger charge is 2.22. The molecule has 0 radical (unpaired) electrons. The molecule has 1 aromatic heterocycles. The second kappa shape index (κ2) is 7.50. The fourth-order valence-electron chi connectivity index (χ4n) is 2.36. The van der Waals surface area contributed by atoms with E-state index >= 15 is 0 Å². The quantitative estimate of drug-likeness (QED) is 0.360. The van der Waals surface area contributed by atoms with E-state index in [0.717, 1.165) is 16.1 Å². The molecule has 0 atom stereocenters. The van der Waals surface area contributed by atoms with Crippen molar-refractivity contribution in [3.8, 4) is 0 Å². The largest absolute Gasteiger partial charge is 0.393 e. The first-order valence-corrected chi connectivity index (χ1v) is 8.31. The van der Waals surface area contributed by atoms with Gasteiger partial charge in [0, 0.05) is 4.47 Å². The number of anilines is 2. The Hall–Kier alpha value is -3.34. The van der Waals surface area contributed by atoms with E-state index in [4.69, 9.17) is 5.73 Å². The predicted octanol–water partition coefficient (Wildman–Crippen LogP) is 2.97. The van der Waals surface area contributed by atoms with Crippen LogP contribution in [0.4, 0.5) is 21.7 Å². The fourth-order valence-corrected chi connectivity index (χ4v) is 2.81. The first kappa shape index (κ1) is 18.5. The van der Waals surface area contributed by atoms with Crippen molar-refractivity contribution in [1.29, 1.82) is 0 Å². The molecule has 2 aromatic carbocycles. The Labute approximate surface area is 160 Å². The summed E-state index contributed by atoms with van der Waals surface area (Å²) in [5.74, 6) is -1.84. The number of benzene rings is 2. The van der Waals surface area contributed by atoms with Crippen LogP contribution in [0.1, 0.15) is 15.9 Å². The van der Waals surface area contributed by atoms with Gasteiger partial charge in [-0.15, -0.1) is 5.10 Å². The summed E-state index contributed by atoms with van der Waals surface area (Å²) in [5.41, 5.74) is 5.07. The maximum Gasteiger partial charge on any atom is 0.295 e. The topological polar surface area (TPSA) is 129 Å². The number of hydrogen-bond acceptors (Lipinski definition) is 6. The molecule has 138 valence electrons. The fraction of sp³-hybridized carbons (Fsp3) is 0.0625. The molecule has 0 spiro atoms. The molecule has 3 rings (SSSR count). The Balaban J connectivity index is 1.78. The van der Waals surface area contributed by atoms with Crippen LogP contribution in [0.3, 0.4) is 0 Å². The number of nitrogens with one attached hydrogen (secondary N) is 1. The molecule has 0 fully saturated rings. The third-order valence-electron chi connectivity index (χ3n) is 3.56. The van der Waals surface area contributed by atoms with E-state index < -0.39 is 28.0 Å². The minimum absolute atomic E-state index is 0.0405. The van der Waals surface area contributed by atoms with Crippen LogP contribution in [0.2, 0.25) is 0 Å². The molecule has 9 nitrogen and oxygen atoms in total. The highest BCUT2D eigenvalue weighted by atomic mass is 79.9. The number of aromatic nitrogens is 3. The van der Waals surface area contributed by atoms with Crippen molar-refractivity contribution < 1.29 is 14.1 Å². The average molecular weight is 435 g/mol. The van der Waals surface area contributed by atoms with Gasteiger partial charge in [-0.05, 0) is 23.8 Å². The zero-order valence-corrected chi connectivity index (χ0v) is 15.2. The Morgan fingerprint density at radius 1 is 1.37 bits per heavy atom. The SMILES string of the molecule is Nc1c(C(=O)Nc2ncn(Cc3cccc(Br)c3)n2)cc(F)cc1[N+](=O)[O-]. The molecule has 27 heavy (non-hydrogen) atoms. The molecule has 0 aliphatic rings. The summed E-state index contributed by atoms with van der Waals surface area (Å²) >= 11 is 3.38. The molecule has 0 saturated carbocycles. The van der Waals surface area contributed by atoms with E-state index in [0.29, 0.717) is 12.6 Å². The van der Waals surface area contributed by atoms with Crippen LogP contribution in [0.25, 0.3) is 0 Å². The Kier molecular flexibility index (Phi) is 5.12. The molecule has 11 heteroatoms. The third kappa shape index (κ3) is 4.26. The summed E-state index contributed by atoms with van der Waals surface area (Å²) in [6, 6.07) is 9.04. The molecule has 3 aromatic rings. The first-order valence-electron chi connectivity index (χ1n) is 7.52. The van der Waals surface area contributed by atoms with E-state index in [1.54, 1.807) is 0 Å². The summed E-state index contributed by atoms with van der Waals surface area (Å²) in [7, 11) is 0. The van der Waals surface area contributed by atoms with Crippen molar-refractivity contribution in [2.24, 2.45) is 0 Å². The van der Waals surface area contributed by atoms with Crippen molar-refractivity contribution in [2.45, 2.75) is 6.54 Å². The van der Waals surface area contributed by atoms with Gasteiger partial charge in [0.05, 0.1) is 23.1 Å². The molecule has 0 aliphatic heterocycles. The van der Waals surface area contributed by atoms with Crippen molar-refractivity contribution in [2.75, 3.05) is 11.1 Å². The van der Waals surface area contributed by atoms with Gasteiger partial charge in [0.25, 0.3) is 11.6 Å². The lowest BCUT2D eigenvalue weighted by molar-refractivity contribution is -0.384. The van der Waals surface area contributed by atoms with Gasteiger partial charge in [-0.2, -0.15) is 0 Å². The molecule has 0 bridgehead atoms. The Morgan fingerprint density at radius 3 is 2.85 bits per heavy atom. The van der Waals surface area contributed by atoms with E-state index in [1.165, 1.54) is 11.0 Å². The van der Waals surface area contributed by atoms with Crippen molar-refractivity contribution in [1.82, 2.24) is 14.8 Å². The number of nitro groups is 1. The lowest BCUT2D eigenvalue weighted by atomic mass is 10.1. The lowest BCUT2D eigenvalue weighted by Crippen LogP contribution is -2.16. The maximum atomic E-state index is 13.6. The Morgan fingerprint density at radius 2 is 2.15 bits per heavy atom. The number of carbonyl (C=O) groups is 1. The summed E-state index contributed by atoms with van der Waals surface area (Å²) in [6.07, 6.45) is 1.41. The number of halogens is 2. The van der Waals surface area contributed by atoms with Gasteiger partial charge in [0.15, 0.2) is 0 Å². The predicted molar refractivity (Wildman–Crippen MR) is 98.7 cm³/mol. The van der Waals surface area contributed by atoms with E-state index in [2.05, 4.69) is 31.3 Å². The molecule has 0 saturated heterocycles. The highest BCUT2D eigenvalue weighted by molar-refractivity contribution is 9.10. The molecule has 0 unspecified atom stereocenters. The monoisotopic (exact) mass is 434 g/mol. The van der Waals surface area contributed by atoms with Crippen LogP contribution < -0.4 is 11.1 Å². The van der Waals surface area contributed by atoms with Gasteiger partial charge in [-0.3, -0.25) is 20.2 Å². The number of nitrogens with zero attached hydrogens (tertiary/aromatic N) is 4. The van der Waals surface area contributed by atoms with Crippen LogP contribution >= 0.6 is 15.9 Å². The van der Waals surface area contributed by atoms with Crippen molar-refractivity contribution in [3.63, 3.8) is 0 Å². The number of hydrogen-bond donors (Lipinski definition) is 2. The van der Waals surface area contributed by atoms with Crippen LogP contribution in [-0.4, -0.2) is 25.6 Å². The van der Waals surface area contributed by atoms with E-state index in [-0.39, 0.29) is 11.5 Å². The summed E-state index contributed by atoms with van der Waals surface area (Å²) in [5, 5.41) is 17.4. The number of rotatable bonds is 5. The van der Waals surface area contributed by atoms with Gasteiger partial charge in [-0.1, -0.05) is 28.1 Å². The standard InChI is InChI=1S/C16H12BrFN6O3/c17-10-3-1-2-9(4-10)7-23-8-20-16(22-23)21-15(25)12-5-11(18)6-13(14(12)19)24(26)27/h1-6,8H,7,19H2,(H,21,22,25). The third-order valence-corrected chi connectivity index (χ3v) is 4.05. The number of nitro benzene ring substituents is 1. The second-order valence-electron chi connectivity index (χ2n) is 5.49. The van der Waals surface area contributed by atoms with Crippen LogP contribution in [0, 0.1) is 15.9 Å². The zero-order valence-electron chi connectivity index (χ0n) is 13.6. The van der Waals surface area contributed by atoms with Crippen molar-refractivity contribution >= 4 is 39.2 Å². The zero-order chi connectivity index (χ0) is 19.6. The summed E-state index contributed by atoms with van der Waals surface area (Å²) in [6.45, 7) is 0.413. The Bertz CT molecular complexity index is 1040. The first-order chi connectivity index (χ1) is 12.8. The molecule has 1 heterocycles. The van der Waals surface area contributed by atoms with Gasteiger partial charge >= 0.3 is 0 Å². The minimum atomic E-state index is -0.950. The smallest absolute Gasteiger partial charge is 0.295 e. The van der Waals surface area contributed by atoms with Crippen molar-refractivity contribution in [3.05, 3.63) is 74.3 Å². The van der Waals surface area contributed by atoms with E-state index in [9.17, 15) is 19.3 Å². The average Bonchev–Trinajstić information content (AvgIpc) is 3.03. The normalized spacial score (nSPS) is 10.6. The molecule has 0 aliphatic carbocycles. The summed E-state index contributed by atoms with van der Waals surface area (Å²) in [4.78, 5) is 26.3. The second-order valence-corrected chi connectivity index (χ2v) is 6.41. The molecule has 1 amide bonds. The van der Waals surface area contributed by atoms with Gasteiger partial charge in [0.2, 0.25) is 5.95 Å². The van der Waals surface area contributed by atoms with Crippen LogP contribution in [0.5, 0.6) is 0 Å². The number of nitrogens with two attached hydrogens (primary N) is 1. The van der Waals surface area contributed by atoms with Crippen LogP contribution in [0.15, 0.2) is 47.2 Å². The minimum Gasteiger partial charge on any atom is -0.393 e. The summed E-state index contributed by atoms with van der Waals surface area (Å²) < 4.78 is 16.0. The van der Waals surface area contributed by atoms with Gasteiger partial charge in [-0.25, -0.2) is 14.1 Å². The molecule has 3 N–H and O–H groups in total. The van der Waals surface area contributed by atoms with E-state index in [1.807, 2.05) is 24.3 Å². The highest BCUT2D eigenvalue weighted by Crippen LogP contribution is 2.27. The van der Waals surface area contributed by atoms with Crippen LogP contribution in [-0.2, 0) is 6.54 Å². The molecular formula is C16H12BrFN6O3. The molecular weight excluding hydrogens is 423 g/mol. The lowest BCUT2D eigenvalue weighted by Gasteiger charge is -2.06. The number of amides is 1. The van der Waals surface area contributed by atoms with Gasteiger partial charge < -0.3 is 5.73 Å².